The molecule has 1 aromatic rings. The average Bonchev–Trinajstić information content (AvgIpc) is 3.20. The van der Waals surface area contributed by atoms with Gasteiger partial charge >= 0.3 is 0 Å². The molecule has 1 saturated carbocycles. The van der Waals surface area contributed by atoms with Crippen molar-refractivity contribution in [2.75, 3.05) is 13.2 Å². The number of hydrogen-bond donors (Lipinski definition) is 2. The van der Waals surface area contributed by atoms with Crippen molar-refractivity contribution in [3.05, 3.63) is 51.6 Å². The molecule has 0 spiro atoms. The van der Waals surface area contributed by atoms with Crippen molar-refractivity contribution < 1.29 is 9.53 Å². The van der Waals surface area contributed by atoms with Gasteiger partial charge in [-0.05, 0) is 30.8 Å². The lowest BCUT2D eigenvalue weighted by Gasteiger charge is -2.29. The fourth-order valence-corrected chi connectivity index (χ4v) is 4.38. The summed E-state index contributed by atoms with van der Waals surface area (Å²) in [5.74, 6) is 0.918. The fourth-order valence-electron chi connectivity index (χ4n) is 3.75. The summed E-state index contributed by atoms with van der Waals surface area (Å²) < 4.78 is 5.77. The van der Waals surface area contributed by atoms with Crippen molar-refractivity contribution in [2.45, 2.75) is 25.3 Å². The van der Waals surface area contributed by atoms with Gasteiger partial charge in [0, 0.05) is 24.5 Å². The molecule has 0 radical (unpaired) electrons. The predicted octanol–water partition coefficient (Wildman–Crippen LogP) is 1.47. The first kappa shape index (κ1) is 15.6. The third-order valence-corrected chi connectivity index (χ3v) is 5.95. The minimum absolute atomic E-state index is 0.310. The molecule has 7 nitrogen and oxygen atoms in total. The third kappa shape index (κ3) is 2.52. The van der Waals surface area contributed by atoms with Crippen LogP contribution in [0.25, 0.3) is 0 Å². The Labute approximate surface area is 154 Å². The first-order valence-electron chi connectivity index (χ1n) is 8.77. The largest absolute Gasteiger partial charge is 0.495 e. The van der Waals surface area contributed by atoms with Crippen molar-refractivity contribution in [1.82, 2.24) is 15.2 Å². The van der Waals surface area contributed by atoms with E-state index in [1.807, 2.05) is 17.9 Å². The molecule has 3 aliphatic heterocycles. The van der Waals surface area contributed by atoms with E-state index in [1.54, 1.807) is 17.6 Å². The van der Waals surface area contributed by atoms with E-state index in [4.69, 9.17) is 15.5 Å². The smallest absolute Gasteiger partial charge is 0.240 e. The number of aromatic nitrogens is 1. The summed E-state index contributed by atoms with van der Waals surface area (Å²) in [4.78, 5) is 24.0. The van der Waals surface area contributed by atoms with Crippen LogP contribution in [0.4, 0.5) is 0 Å². The lowest BCUT2D eigenvalue weighted by Crippen LogP contribution is -2.43. The highest BCUT2D eigenvalue weighted by Gasteiger charge is 2.39. The number of amides is 1. The van der Waals surface area contributed by atoms with Gasteiger partial charge in [-0.1, -0.05) is 0 Å². The zero-order valence-electron chi connectivity index (χ0n) is 14.1. The Balaban J connectivity index is 1.53. The highest BCUT2D eigenvalue weighted by Crippen LogP contribution is 2.39. The molecule has 5 rings (SSSR count). The Morgan fingerprint density at radius 2 is 2.35 bits per heavy atom. The number of thiazole rings is 1. The van der Waals surface area contributed by atoms with Gasteiger partial charge in [-0.3, -0.25) is 9.78 Å². The van der Waals surface area contributed by atoms with Crippen LogP contribution in [0, 0.1) is 5.92 Å². The van der Waals surface area contributed by atoms with Gasteiger partial charge in [-0.2, -0.15) is 0 Å². The van der Waals surface area contributed by atoms with Gasteiger partial charge in [0.05, 0.1) is 21.8 Å². The van der Waals surface area contributed by atoms with Crippen LogP contribution < -0.4 is 11.1 Å². The minimum atomic E-state index is -0.366. The first-order valence-corrected chi connectivity index (χ1v) is 9.65. The standard InChI is InChI=1S/C18H19N5O2S/c19-17(24)15(10-1-2-10)22-13-8-25-7-11-3-4-23-16(11)12(13)5-21-18(23)14-6-20-9-26-14/h5-6,8-10,15,22H,1-4,7H2,(H2,19,24). The molecule has 0 bridgehead atoms. The molecule has 1 aromatic heterocycles. The molecule has 1 aliphatic carbocycles. The highest BCUT2D eigenvalue weighted by atomic mass is 32.1. The van der Waals surface area contributed by atoms with Gasteiger partial charge in [0.1, 0.15) is 18.9 Å². The van der Waals surface area contributed by atoms with E-state index in [1.165, 1.54) is 5.57 Å². The van der Waals surface area contributed by atoms with Gasteiger partial charge in [0.2, 0.25) is 5.91 Å². The Kier molecular flexibility index (Phi) is 3.59. The molecular formula is C18H19N5O2S. The van der Waals surface area contributed by atoms with Gasteiger partial charge in [-0.15, -0.1) is 11.3 Å². The van der Waals surface area contributed by atoms with E-state index in [0.717, 1.165) is 53.5 Å². The van der Waals surface area contributed by atoms with Crippen molar-refractivity contribution in [3.63, 3.8) is 0 Å². The Hall–Kier alpha value is -2.61. The predicted molar refractivity (Wildman–Crippen MR) is 98.0 cm³/mol. The van der Waals surface area contributed by atoms with Crippen LogP contribution >= 0.6 is 11.3 Å². The van der Waals surface area contributed by atoms with E-state index in [0.29, 0.717) is 12.5 Å². The van der Waals surface area contributed by atoms with E-state index < -0.39 is 0 Å². The summed E-state index contributed by atoms with van der Waals surface area (Å²) in [6.45, 7) is 1.42. The minimum Gasteiger partial charge on any atom is -0.495 e. The molecule has 1 fully saturated rings. The maximum absolute atomic E-state index is 11.9. The molecule has 0 aromatic carbocycles. The molecule has 1 amide bonds. The summed E-state index contributed by atoms with van der Waals surface area (Å²) in [7, 11) is 0. The Morgan fingerprint density at radius 3 is 3.08 bits per heavy atom. The molecule has 134 valence electrons. The molecular weight excluding hydrogens is 350 g/mol. The Bertz CT molecular complexity index is 879. The van der Waals surface area contributed by atoms with Gasteiger partial charge in [-0.25, -0.2) is 4.99 Å². The zero-order chi connectivity index (χ0) is 17.7. The van der Waals surface area contributed by atoms with Gasteiger partial charge in [0.25, 0.3) is 0 Å². The number of amidine groups is 1. The molecule has 4 heterocycles. The fraction of sp³-hybridized carbons (Fsp3) is 0.389. The number of ether oxygens (including phenoxy) is 1. The lowest BCUT2D eigenvalue weighted by molar-refractivity contribution is -0.120. The summed E-state index contributed by atoms with van der Waals surface area (Å²) in [6, 6.07) is -0.366. The van der Waals surface area contributed by atoms with Crippen molar-refractivity contribution in [2.24, 2.45) is 16.6 Å². The molecule has 4 aliphatic rings. The van der Waals surface area contributed by atoms with Crippen LogP contribution in [0.15, 0.2) is 51.7 Å². The summed E-state index contributed by atoms with van der Waals surface area (Å²) in [5.41, 5.74) is 11.6. The van der Waals surface area contributed by atoms with Crippen LogP contribution in [-0.2, 0) is 9.53 Å². The average molecular weight is 369 g/mol. The SMILES string of the molecule is NC(=O)C(NC1=COCC2=C3C1=CN=C(c1cncs1)N3CC2)C1CC1. The summed E-state index contributed by atoms with van der Waals surface area (Å²) in [5, 5.41) is 3.33. The second kappa shape index (κ2) is 5.98. The van der Waals surface area contributed by atoms with E-state index in [2.05, 4.69) is 15.2 Å². The van der Waals surface area contributed by atoms with Crippen LogP contribution in [0.5, 0.6) is 0 Å². The van der Waals surface area contributed by atoms with Crippen LogP contribution in [0.1, 0.15) is 24.1 Å². The number of nitrogens with two attached hydrogens (primary N) is 1. The third-order valence-electron chi connectivity index (χ3n) is 5.18. The topological polar surface area (TPSA) is 92.8 Å². The first-order chi connectivity index (χ1) is 12.7. The van der Waals surface area contributed by atoms with Gasteiger partial charge in [0.15, 0.2) is 5.84 Å². The quantitative estimate of drug-likeness (QED) is 0.820. The lowest BCUT2D eigenvalue weighted by atomic mass is 10.0. The molecule has 1 atom stereocenters. The number of nitrogens with zero attached hydrogens (tertiary/aromatic N) is 3. The second-order valence-corrected chi connectivity index (χ2v) is 7.81. The normalized spacial score (nSPS) is 22.6. The van der Waals surface area contributed by atoms with Crippen LogP contribution in [0.2, 0.25) is 0 Å². The van der Waals surface area contributed by atoms with Crippen molar-refractivity contribution in [3.8, 4) is 0 Å². The maximum atomic E-state index is 11.9. The monoisotopic (exact) mass is 369 g/mol. The number of aliphatic imine (C=N–C) groups is 1. The van der Waals surface area contributed by atoms with Gasteiger partial charge < -0.3 is 20.7 Å². The van der Waals surface area contributed by atoms with Crippen molar-refractivity contribution >= 4 is 23.1 Å². The molecule has 3 N–H and O–H groups in total. The number of nitrogens with one attached hydrogen (secondary N) is 1. The summed E-state index contributed by atoms with van der Waals surface area (Å²) in [6.07, 6.45) is 8.41. The zero-order valence-corrected chi connectivity index (χ0v) is 15.0. The van der Waals surface area contributed by atoms with Crippen LogP contribution in [-0.4, -0.2) is 40.8 Å². The molecule has 1 unspecified atom stereocenters. The Morgan fingerprint density at radius 1 is 1.46 bits per heavy atom. The summed E-state index contributed by atoms with van der Waals surface area (Å²) >= 11 is 1.58. The van der Waals surface area contributed by atoms with E-state index in [-0.39, 0.29) is 11.9 Å². The number of rotatable bonds is 5. The van der Waals surface area contributed by atoms with Crippen molar-refractivity contribution in [1.29, 1.82) is 0 Å². The molecule has 26 heavy (non-hydrogen) atoms. The highest BCUT2D eigenvalue weighted by molar-refractivity contribution is 7.11. The second-order valence-electron chi connectivity index (χ2n) is 6.92. The van der Waals surface area contributed by atoms with Crippen LogP contribution in [0.3, 0.4) is 0 Å². The number of primary amides is 1. The molecule has 8 heteroatoms. The maximum Gasteiger partial charge on any atom is 0.240 e. The number of carbonyl (C=O) groups is 1. The number of hydrogen-bond acceptors (Lipinski definition) is 7. The number of carbonyl (C=O) groups excluding carboxylic acids is 1. The molecule has 0 saturated heterocycles. The van der Waals surface area contributed by atoms with E-state index >= 15 is 0 Å². The van der Waals surface area contributed by atoms with E-state index in [9.17, 15) is 4.79 Å².